The van der Waals surface area contributed by atoms with Crippen molar-refractivity contribution >= 4 is 5.91 Å². The molecule has 1 aromatic rings. The monoisotopic (exact) mass is 298 g/mol. The minimum Gasteiger partial charge on any atom is -0.481 e. The fraction of sp³-hybridized carbons (Fsp3) is 0.533. The number of amides is 1. The average Bonchev–Trinajstić information content (AvgIpc) is 2.85. The molecule has 6 heteroatoms. The van der Waals surface area contributed by atoms with Gasteiger partial charge in [0.2, 0.25) is 0 Å². The summed E-state index contributed by atoms with van der Waals surface area (Å²) in [4.78, 5) is 14.1. The van der Waals surface area contributed by atoms with Gasteiger partial charge >= 0.3 is 0 Å². The second kappa shape index (κ2) is 6.85. The first-order chi connectivity index (χ1) is 9.97. The number of nitrogens with one attached hydrogen (secondary N) is 1. The maximum Gasteiger partial charge on any atom is 0.260 e. The van der Waals surface area contributed by atoms with Crippen molar-refractivity contribution in [2.45, 2.75) is 31.9 Å². The van der Waals surface area contributed by atoms with Gasteiger partial charge in [-0.05, 0) is 45.5 Å². The summed E-state index contributed by atoms with van der Waals surface area (Å²) in [6.07, 6.45) is 1.44. The Morgan fingerprint density at radius 3 is 2.86 bits per heavy atom. The van der Waals surface area contributed by atoms with Crippen molar-refractivity contribution in [3.63, 3.8) is 0 Å². The van der Waals surface area contributed by atoms with Crippen LogP contribution in [0.1, 0.15) is 19.8 Å². The van der Waals surface area contributed by atoms with E-state index >= 15 is 0 Å². The Morgan fingerprint density at radius 2 is 2.24 bits per heavy atom. The van der Waals surface area contributed by atoms with E-state index in [0.29, 0.717) is 12.6 Å². The highest BCUT2D eigenvalue weighted by molar-refractivity contribution is 5.80. The summed E-state index contributed by atoms with van der Waals surface area (Å²) in [6, 6.07) is 3.56. The molecule has 0 spiro atoms. The zero-order chi connectivity index (χ0) is 15.4. The van der Waals surface area contributed by atoms with Crippen LogP contribution in [0, 0.1) is 11.6 Å². The number of carbonyl (C=O) groups is 1. The van der Waals surface area contributed by atoms with Crippen LogP contribution in [0.15, 0.2) is 18.2 Å². The molecule has 0 unspecified atom stereocenters. The Labute approximate surface area is 123 Å². The first kappa shape index (κ1) is 15.7. The van der Waals surface area contributed by atoms with Crippen LogP contribution in [-0.2, 0) is 4.79 Å². The molecule has 0 bridgehead atoms. The highest BCUT2D eigenvalue weighted by Gasteiger charge is 2.23. The summed E-state index contributed by atoms with van der Waals surface area (Å²) in [5.74, 6) is -2.06. The van der Waals surface area contributed by atoms with Gasteiger partial charge in [0.15, 0.2) is 17.7 Å². The lowest BCUT2D eigenvalue weighted by Gasteiger charge is -2.21. The Kier molecular flexibility index (Phi) is 5.12. The molecule has 4 nitrogen and oxygen atoms in total. The van der Waals surface area contributed by atoms with E-state index in [1.165, 1.54) is 6.07 Å². The van der Waals surface area contributed by atoms with Crippen molar-refractivity contribution < 1.29 is 18.3 Å². The quantitative estimate of drug-likeness (QED) is 0.903. The van der Waals surface area contributed by atoms with E-state index in [2.05, 4.69) is 10.2 Å². The number of halogens is 2. The van der Waals surface area contributed by atoms with Crippen molar-refractivity contribution in [2.75, 3.05) is 20.1 Å². The highest BCUT2D eigenvalue weighted by Crippen LogP contribution is 2.17. The molecular weight excluding hydrogens is 278 g/mol. The molecule has 0 saturated carbocycles. The molecule has 1 saturated heterocycles. The van der Waals surface area contributed by atoms with Crippen LogP contribution in [0.5, 0.6) is 5.75 Å². The van der Waals surface area contributed by atoms with Gasteiger partial charge in [-0.2, -0.15) is 0 Å². The lowest BCUT2D eigenvalue weighted by molar-refractivity contribution is -0.127. The number of ether oxygens (including phenoxy) is 1. The van der Waals surface area contributed by atoms with Crippen LogP contribution in [0.3, 0.4) is 0 Å². The summed E-state index contributed by atoms with van der Waals surface area (Å²) in [5.41, 5.74) is 0. The maximum absolute atomic E-state index is 13.1. The lowest BCUT2D eigenvalue weighted by atomic mass is 10.2. The summed E-state index contributed by atoms with van der Waals surface area (Å²) >= 11 is 0. The van der Waals surface area contributed by atoms with E-state index in [9.17, 15) is 13.6 Å². The molecule has 0 radical (unpaired) electrons. The van der Waals surface area contributed by atoms with Crippen molar-refractivity contribution in [3.05, 3.63) is 29.8 Å². The normalized spacial score (nSPS) is 20.3. The molecule has 0 aromatic heterocycles. The second-order valence-electron chi connectivity index (χ2n) is 5.36. The Morgan fingerprint density at radius 1 is 1.48 bits per heavy atom. The second-order valence-corrected chi connectivity index (χ2v) is 5.36. The summed E-state index contributed by atoms with van der Waals surface area (Å²) in [7, 11) is 2.03. The SMILES string of the molecule is C[C@H](Oc1ccc(F)c(F)c1)C(=O)NC[C@@H]1CCCN1C. The number of carbonyl (C=O) groups excluding carboxylic acids is 1. The van der Waals surface area contributed by atoms with E-state index in [0.717, 1.165) is 31.5 Å². The predicted octanol–water partition coefficient (Wildman–Crippen LogP) is 1.94. The van der Waals surface area contributed by atoms with Crippen LogP contribution in [-0.4, -0.2) is 43.1 Å². The third kappa shape index (κ3) is 4.14. The van der Waals surface area contributed by atoms with E-state index in [1.54, 1.807) is 6.92 Å². The molecule has 0 aliphatic carbocycles. The molecule has 1 N–H and O–H groups in total. The van der Waals surface area contributed by atoms with E-state index in [1.807, 2.05) is 7.05 Å². The van der Waals surface area contributed by atoms with E-state index in [-0.39, 0.29) is 11.7 Å². The summed E-state index contributed by atoms with van der Waals surface area (Å²) in [5, 5.41) is 2.83. The zero-order valence-corrected chi connectivity index (χ0v) is 12.2. The van der Waals surface area contributed by atoms with Gasteiger partial charge in [-0.15, -0.1) is 0 Å². The summed E-state index contributed by atoms with van der Waals surface area (Å²) < 4.78 is 31.2. The highest BCUT2D eigenvalue weighted by atomic mass is 19.2. The Bertz CT molecular complexity index is 510. The number of hydrogen-bond acceptors (Lipinski definition) is 3. The first-order valence-corrected chi connectivity index (χ1v) is 7.07. The van der Waals surface area contributed by atoms with Gasteiger partial charge < -0.3 is 15.0 Å². The van der Waals surface area contributed by atoms with Crippen LogP contribution >= 0.6 is 0 Å². The number of hydrogen-bond donors (Lipinski definition) is 1. The van der Waals surface area contributed by atoms with E-state index < -0.39 is 17.7 Å². The average molecular weight is 298 g/mol. The van der Waals surface area contributed by atoms with E-state index in [4.69, 9.17) is 4.74 Å². The number of likely N-dealkylation sites (tertiary alicyclic amines) is 1. The number of nitrogens with zero attached hydrogens (tertiary/aromatic N) is 1. The van der Waals surface area contributed by atoms with Crippen LogP contribution in [0.2, 0.25) is 0 Å². The molecule has 1 aromatic carbocycles. The first-order valence-electron chi connectivity index (χ1n) is 7.07. The smallest absolute Gasteiger partial charge is 0.260 e. The van der Waals surface area contributed by atoms with Gasteiger partial charge in [0.25, 0.3) is 5.91 Å². The molecule has 116 valence electrons. The fourth-order valence-electron chi connectivity index (χ4n) is 2.41. The minimum absolute atomic E-state index is 0.134. The van der Waals surface area contributed by atoms with Gasteiger partial charge in [-0.3, -0.25) is 4.79 Å². The van der Waals surface area contributed by atoms with Crippen LogP contribution in [0.4, 0.5) is 8.78 Å². The molecule has 1 aliphatic heterocycles. The zero-order valence-electron chi connectivity index (χ0n) is 12.2. The van der Waals surface area contributed by atoms with Gasteiger partial charge in [0.1, 0.15) is 5.75 Å². The molecular formula is C15H20F2N2O2. The third-order valence-electron chi connectivity index (χ3n) is 3.76. The summed E-state index contributed by atoms with van der Waals surface area (Å²) in [6.45, 7) is 3.19. The Hall–Kier alpha value is -1.69. The predicted molar refractivity (Wildman–Crippen MR) is 75.1 cm³/mol. The van der Waals surface area contributed by atoms with Crippen molar-refractivity contribution in [3.8, 4) is 5.75 Å². The van der Waals surface area contributed by atoms with Crippen molar-refractivity contribution in [1.29, 1.82) is 0 Å². The fourth-order valence-corrected chi connectivity index (χ4v) is 2.41. The largest absolute Gasteiger partial charge is 0.481 e. The molecule has 2 atom stereocenters. The standard InChI is InChI=1S/C15H20F2N2O2/c1-10(21-12-5-6-13(16)14(17)8-12)15(20)18-9-11-4-3-7-19(11)2/h5-6,8,10-11H,3-4,7,9H2,1-2H3,(H,18,20)/t10-,11-/m0/s1. The molecule has 1 fully saturated rings. The molecule has 1 amide bonds. The third-order valence-corrected chi connectivity index (χ3v) is 3.76. The minimum atomic E-state index is -0.993. The van der Waals surface area contributed by atoms with Crippen LogP contribution in [0.25, 0.3) is 0 Å². The number of rotatable bonds is 5. The maximum atomic E-state index is 13.1. The van der Waals surface area contributed by atoms with Gasteiger partial charge in [-0.1, -0.05) is 0 Å². The molecule has 1 heterocycles. The molecule has 1 aliphatic rings. The number of likely N-dealkylation sites (N-methyl/N-ethyl adjacent to an activating group) is 1. The van der Waals surface area contributed by atoms with Gasteiger partial charge in [0, 0.05) is 18.7 Å². The van der Waals surface area contributed by atoms with Crippen molar-refractivity contribution in [1.82, 2.24) is 10.2 Å². The molecule has 21 heavy (non-hydrogen) atoms. The lowest BCUT2D eigenvalue weighted by Crippen LogP contribution is -2.43. The van der Waals surface area contributed by atoms with Crippen LogP contribution < -0.4 is 10.1 Å². The van der Waals surface area contributed by atoms with Crippen molar-refractivity contribution in [2.24, 2.45) is 0 Å². The van der Waals surface area contributed by atoms with Gasteiger partial charge in [0.05, 0.1) is 0 Å². The molecule has 2 rings (SSSR count). The number of benzene rings is 1. The Balaban J connectivity index is 1.83. The topological polar surface area (TPSA) is 41.6 Å². The van der Waals surface area contributed by atoms with Gasteiger partial charge in [-0.25, -0.2) is 8.78 Å².